The summed E-state index contributed by atoms with van der Waals surface area (Å²) in [4.78, 5) is 5.57. The second-order valence-corrected chi connectivity index (χ2v) is 4.87. The molecular weight excluding hydrogens is 168 g/mol. The molecule has 66 valence electrons. The van der Waals surface area contributed by atoms with E-state index in [-0.39, 0.29) is 0 Å². The Hall–Kier alpha value is -0.410. The highest BCUT2D eigenvalue weighted by Gasteiger charge is 2.31. The molecule has 1 aliphatic carbocycles. The molecule has 0 amide bonds. The van der Waals surface area contributed by atoms with Crippen molar-refractivity contribution >= 4 is 11.3 Å². The van der Waals surface area contributed by atoms with E-state index in [1.807, 2.05) is 13.1 Å². The first kappa shape index (κ1) is 8.20. The lowest BCUT2D eigenvalue weighted by atomic mass is 10.4. The summed E-state index contributed by atoms with van der Waals surface area (Å²) in [5, 5.41) is 4.67. The van der Waals surface area contributed by atoms with Gasteiger partial charge in [0.1, 0.15) is 0 Å². The molecule has 1 aliphatic rings. The normalized spacial score (nSPS) is 27.5. The molecule has 2 rings (SSSR count). The summed E-state index contributed by atoms with van der Waals surface area (Å²) in [7, 11) is 0. The molecule has 1 fully saturated rings. The van der Waals surface area contributed by atoms with E-state index in [0.717, 1.165) is 23.5 Å². The summed E-state index contributed by atoms with van der Waals surface area (Å²) in [5.41, 5.74) is 0. The Morgan fingerprint density at radius 1 is 1.75 bits per heavy atom. The molecule has 0 aromatic carbocycles. The number of thiazole rings is 1. The Balaban J connectivity index is 1.80. The van der Waals surface area contributed by atoms with Crippen molar-refractivity contribution in [3.05, 3.63) is 16.1 Å². The number of aromatic nitrogens is 1. The molecule has 12 heavy (non-hydrogen) atoms. The molecule has 3 heteroatoms. The third kappa shape index (κ3) is 1.84. The first-order valence-electron chi connectivity index (χ1n) is 4.40. The van der Waals surface area contributed by atoms with Gasteiger partial charge in [-0.25, -0.2) is 4.98 Å². The molecule has 0 aliphatic heterocycles. The van der Waals surface area contributed by atoms with E-state index in [1.54, 1.807) is 11.3 Å². The fraction of sp³-hybridized carbons (Fsp3) is 0.667. The summed E-state index contributed by atoms with van der Waals surface area (Å²) < 4.78 is 0. The molecule has 1 saturated carbocycles. The monoisotopic (exact) mass is 182 g/mol. The average Bonchev–Trinajstić information content (AvgIpc) is 2.56. The van der Waals surface area contributed by atoms with Gasteiger partial charge in [-0.05, 0) is 19.3 Å². The van der Waals surface area contributed by atoms with Gasteiger partial charge in [0.2, 0.25) is 0 Å². The largest absolute Gasteiger partial charge is 0.309 e. The standard InChI is InChI=1S/C9H14N2S/c1-6-3-9(6)11-5-8-4-10-7(2)12-8/h4,6,9,11H,3,5H2,1-2H3. The maximum Gasteiger partial charge on any atom is 0.0897 e. The van der Waals surface area contributed by atoms with Crippen molar-refractivity contribution in [2.45, 2.75) is 32.9 Å². The van der Waals surface area contributed by atoms with Crippen molar-refractivity contribution in [1.29, 1.82) is 0 Å². The number of hydrogen-bond donors (Lipinski definition) is 1. The zero-order chi connectivity index (χ0) is 8.55. The van der Waals surface area contributed by atoms with Crippen LogP contribution in [0.2, 0.25) is 0 Å². The van der Waals surface area contributed by atoms with Crippen LogP contribution in [0.3, 0.4) is 0 Å². The second-order valence-electron chi connectivity index (χ2n) is 3.55. The summed E-state index contributed by atoms with van der Waals surface area (Å²) in [5.74, 6) is 0.888. The van der Waals surface area contributed by atoms with Crippen LogP contribution in [0.1, 0.15) is 23.2 Å². The van der Waals surface area contributed by atoms with Crippen LogP contribution in [0.5, 0.6) is 0 Å². The zero-order valence-corrected chi connectivity index (χ0v) is 8.32. The minimum absolute atomic E-state index is 0.771. The van der Waals surface area contributed by atoms with Crippen molar-refractivity contribution in [2.24, 2.45) is 5.92 Å². The lowest BCUT2D eigenvalue weighted by Crippen LogP contribution is -2.16. The molecule has 0 radical (unpaired) electrons. The van der Waals surface area contributed by atoms with Gasteiger partial charge < -0.3 is 5.32 Å². The quantitative estimate of drug-likeness (QED) is 0.773. The molecule has 0 saturated heterocycles. The van der Waals surface area contributed by atoms with E-state index in [9.17, 15) is 0 Å². The fourth-order valence-corrected chi connectivity index (χ4v) is 2.07. The molecule has 1 aromatic rings. The van der Waals surface area contributed by atoms with E-state index in [4.69, 9.17) is 0 Å². The topological polar surface area (TPSA) is 24.9 Å². The molecule has 1 N–H and O–H groups in total. The molecule has 0 bridgehead atoms. The first-order valence-corrected chi connectivity index (χ1v) is 5.22. The van der Waals surface area contributed by atoms with Gasteiger partial charge in [-0.1, -0.05) is 6.92 Å². The minimum Gasteiger partial charge on any atom is -0.309 e. The Labute approximate surface area is 77.0 Å². The predicted octanol–water partition coefficient (Wildman–Crippen LogP) is 1.95. The third-order valence-electron chi connectivity index (χ3n) is 2.32. The summed E-state index contributed by atoms with van der Waals surface area (Å²) in [6, 6.07) is 0.771. The summed E-state index contributed by atoms with van der Waals surface area (Å²) in [6.45, 7) is 5.34. The Morgan fingerprint density at radius 2 is 2.50 bits per heavy atom. The molecular formula is C9H14N2S. The van der Waals surface area contributed by atoms with Crippen molar-refractivity contribution in [1.82, 2.24) is 10.3 Å². The smallest absolute Gasteiger partial charge is 0.0897 e. The van der Waals surface area contributed by atoms with E-state index in [0.29, 0.717) is 0 Å². The number of hydrogen-bond acceptors (Lipinski definition) is 3. The lowest BCUT2D eigenvalue weighted by molar-refractivity contribution is 0.657. The fourth-order valence-electron chi connectivity index (χ4n) is 1.33. The lowest BCUT2D eigenvalue weighted by Gasteiger charge is -1.98. The number of aryl methyl sites for hydroxylation is 1. The van der Waals surface area contributed by atoms with Crippen LogP contribution in [-0.2, 0) is 6.54 Å². The van der Waals surface area contributed by atoms with E-state index >= 15 is 0 Å². The number of rotatable bonds is 3. The summed E-state index contributed by atoms with van der Waals surface area (Å²) in [6.07, 6.45) is 3.32. The number of nitrogens with one attached hydrogen (secondary N) is 1. The molecule has 2 unspecified atom stereocenters. The van der Waals surface area contributed by atoms with Gasteiger partial charge in [0, 0.05) is 23.7 Å². The van der Waals surface area contributed by atoms with Crippen molar-refractivity contribution < 1.29 is 0 Å². The van der Waals surface area contributed by atoms with Crippen LogP contribution in [0.15, 0.2) is 6.20 Å². The van der Waals surface area contributed by atoms with Crippen LogP contribution in [0, 0.1) is 12.8 Å². The zero-order valence-electron chi connectivity index (χ0n) is 7.50. The molecule has 2 nitrogen and oxygen atoms in total. The highest BCUT2D eigenvalue weighted by Crippen LogP contribution is 2.29. The Morgan fingerprint density at radius 3 is 3.00 bits per heavy atom. The SMILES string of the molecule is Cc1ncc(CNC2CC2C)s1. The molecule has 0 spiro atoms. The van der Waals surface area contributed by atoms with E-state index in [2.05, 4.69) is 17.2 Å². The highest BCUT2D eigenvalue weighted by atomic mass is 32.1. The van der Waals surface area contributed by atoms with Crippen LogP contribution in [0.4, 0.5) is 0 Å². The van der Waals surface area contributed by atoms with Crippen LogP contribution in [0.25, 0.3) is 0 Å². The average molecular weight is 182 g/mol. The Kier molecular flexibility index (Phi) is 2.15. The van der Waals surface area contributed by atoms with Crippen LogP contribution >= 0.6 is 11.3 Å². The maximum atomic E-state index is 4.21. The van der Waals surface area contributed by atoms with Crippen molar-refractivity contribution in [3.8, 4) is 0 Å². The highest BCUT2D eigenvalue weighted by molar-refractivity contribution is 7.11. The van der Waals surface area contributed by atoms with Gasteiger partial charge in [-0.3, -0.25) is 0 Å². The molecule has 2 atom stereocenters. The third-order valence-corrected chi connectivity index (χ3v) is 3.23. The van der Waals surface area contributed by atoms with Crippen LogP contribution in [-0.4, -0.2) is 11.0 Å². The van der Waals surface area contributed by atoms with Gasteiger partial charge in [0.25, 0.3) is 0 Å². The number of nitrogens with zero attached hydrogens (tertiary/aromatic N) is 1. The Bertz CT molecular complexity index is 269. The van der Waals surface area contributed by atoms with Crippen LogP contribution < -0.4 is 5.32 Å². The molecule has 1 heterocycles. The minimum atomic E-state index is 0.771. The molecule has 1 aromatic heterocycles. The van der Waals surface area contributed by atoms with E-state index < -0.39 is 0 Å². The summed E-state index contributed by atoms with van der Waals surface area (Å²) >= 11 is 1.79. The second kappa shape index (κ2) is 3.15. The first-order chi connectivity index (χ1) is 5.75. The van der Waals surface area contributed by atoms with Gasteiger partial charge in [-0.15, -0.1) is 11.3 Å². The van der Waals surface area contributed by atoms with Gasteiger partial charge in [-0.2, -0.15) is 0 Å². The van der Waals surface area contributed by atoms with Crippen molar-refractivity contribution in [3.63, 3.8) is 0 Å². The van der Waals surface area contributed by atoms with Crippen molar-refractivity contribution in [2.75, 3.05) is 0 Å². The van der Waals surface area contributed by atoms with E-state index in [1.165, 1.54) is 11.3 Å². The van der Waals surface area contributed by atoms with Gasteiger partial charge >= 0.3 is 0 Å². The van der Waals surface area contributed by atoms with Gasteiger partial charge in [0.05, 0.1) is 5.01 Å². The predicted molar refractivity (Wildman–Crippen MR) is 51.3 cm³/mol. The van der Waals surface area contributed by atoms with Gasteiger partial charge in [0.15, 0.2) is 0 Å². The maximum absolute atomic E-state index is 4.21.